The quantitative estimate of drug-likeness (QED) is 0.344. The first-order valence-corrected chi connectivity index (χ1v) is 8.38. The molecular formula is C17H11FN2O3S2. The molecule has 1 fully saturated rings. The number of nitrogens with zero attached hydrogens (tertiary/aromatic N) is 2. The Morgan fingerprint density at radius 1 is 1.28 bits per heavy atom. The van der Waals surface area contributed by atoms with Gasteiger partial charge < -0.3 is 0 Å². The van der Waals surface area contributed by atoms with Gasteiger partial charge in [0.25, 0.3) is 11.6 Å². The van der Waals surface area contributed by atoms with Crippen LogP contribution in [-0.2, 0) is 4.79 Å². The predicted octanol–water partition coefficient (Wildman–Crippen LogP) is 4.45. The summed E-state index contributed by atoms with van der Waals surface area (Å²) in [5, 5.41) is 11.0. The SMILES string of the molecule is Cc1ccc(/C=C2\SC(=S)N(c3ccccc3F)C2=O)cc1[N+](=O)[O-]. The van der Waals surface area contributed by atoms with Crippen LogP contribution in [0.5, 0.6) is 0 Å². The van der Waals surface area contributed by atoms with Gasteiger partial charge in [0.1, 0.15) is 5.82 Å². The molecule has 0 N–H and O–H groups in total. The minimum absolute atomic E-state index is 0.0293. The number of hydrogen-bond acceptors (Lipinski definition) is 5. The van der Waals surface area contributed by atoms with Gasteiger partial charge in [-0.2, -0.15) is 0 Å². The van der Waals surface area contributed by atoms with Crippen LogP contribution in [0.2, 0.25) is 0 Å². The van der Waals surface area contributed by atoms with Crippen LogP contribution in [0.25, 0.3) is 6.08 Å². The van der Waals surface area contributed by atoms with Crippen molar-refractivity contribution in [3.8, 4) is 0 Å². The fourth-order valence-corrected chi connectivity index (χ4v) is 3.66. The standard InChI is InChI=1S/C17H11FN2O3S2/c1-10-6-7-11(8-14(10)20(22)23)9-15-16(21)19(17(24)25-15)13-5-3-2-4-12(13)18/h2-9H,1H3/b15-9-. The van der Waals surface area contributed by atoms with Gasteiger partial charge in [0.15, 0.2) is 4.32 Å². The molecule has 25 heavy (non-hydrogen) atoms. The zero-order valence-corrected chi connectivity index (χ0v) is 14.6. The lowest BCUT2D eigenvalue weighted by Gasteiger charge is -2.14. The summed E-state index contributed by atoms with van der Waals surface area (Å²) in [6, 6.07) is 10.5. The van der Waals surface area contributed by atoms with Crippen molar-refractivity contribution in [3.63, 3.8) is 0 Å². The van der Waals surface area contributed by atoms with Crippen LogP contribution in [0.4, 0.5) is 15.8 Å². The Morgan fingerprint density at radius 3 is 2.68 bits per heavy atom. The zero-order valence-electron chi connectivity index (χ0n) is 12.9. The molecule has 0 aliphatic carbocycles. The average Bonchev–Trinajstić information content (AvgIpc) is 2.84. The maximum Gasteiger partial charge on any atom is 0.272 e. The molecule has 1 saturated heterocycles. The van der Waals surface area contributed by atoms with Crippen molar-refractivity contribution in [2.75, 3.05) is 4.90 Å². The highest BCUT2D eigenvalue weighted by atomic mass is 32.2. The molecule has 1 aliphatic heterocycles. The molecule has 0 radical (unpaired) electrons. The number of hydrogen-bond donors (Lipinski definition) is 0. The highest BCUT2D eigenvalue weighted by molar-refractivity contribution is 8.27. The third-order valence-corrected chi connectivity index (χ3v) is 4.92. The van der Waals surface area contributed by atoms with Crippen LogP contribution >= 0.6 is 24.0 Å². The minimum Gasteiger partial charge on any atom is -0.268 e. The summed E-state index contributed by atoms with van der Waals surface area (Å²) in [6.45, 7) is 1.64. The summed E-state index contributed by atoms with van der Waals surface area (Å²) < 4.78 is 14.2. The molecule has 0 atom stereocenters. The average molecular weight is 374 g/mol. The van der Waals surface area contributed by atoms with E-state index < -0.39 is 16.6 Å². The van der Waals surface area contributed by atoms with Crippen molar-refractivity contribution < 1.29 is 14.1 Å². The molecule has 0 saturated carbocycles. The maximum atomic E-state index is 14.0. The van der Waals surface area contributed by atoms with Crippen LogP contribution in [0.15, 0.2) is 47.4 Å². The smallest absolute Gasteiger partial charge is 0.268 e. The Balaban J connectivity index is 1.98. The third-order valence-electron chi connectivity index (χ3n) is 3.61. The lowest BCUT2D eigenvalue weighted by atomic mass is 10.1. The topological polar surface area (TPSA) is 63.5 Å². The number of para-hydroxylation sites is 1. The summed E-state index contributed by atoms with van der Waals surface area (Å²) in [6.07, 6.45) is 1.52. The molecular weight excluding hydrogens is 363 g/mol. The molecule has 126 valence electrons. The maximum absolute atomic E-state index is 14.0. The van der Waals surface area contributed by atoms with Crippen molar-refractivity contribution in [2.24, 2.45) is 0 Å². The fourth-order valence-electron chi connectivity index (χ4n) is 2.37. The number of nitro benzene ring substituents is 1. The van der Waals surface area contributed by atoms with E-state index in [1.54, 1.807) is 25.1 Å². The molecule has 5 nitrogen and oxygen atoms in total. The Morgan fingerprint density at radius 2 is 2.00 bits per heavy atom. The van der Waals surface area contributed by atoms with Crippen molar-refractivity contribution in [3.05, 3.63) is 74.4 Å². The van der Waals surface area contributed by atoms with E-state index in [9.17, 15) is 19.3 Å². The summed E-state index contributed by atoms with van der Waals surface area (Å²) in [5.74, 6) is -1.01. The number of amides is 1. The Kier molecular flexibility index (Phi) is 4.65. The van der Waals surface area contributed by atoms with Crippen molar-refractivity contribution in [1.29, 1.82) is 0 Å². The first kappa shape index (κ1) is 17.2. The van der Waals surface area contributed by atoms with E-state index in [4.69, 9.17) is 12.2 Å². The summed E-state index contributed by atoms with van der Waals surface area (Å²) in [7, 11) is 0. The number of anilines is 1. The van der Waals surface area contributed by atoms with Gasteiger partial charge in [-0.25, -0.2) is 4.39 Å². The molecule has 1 aliphatic rings. The highest BCUT2D eigenvalue weighted by Crippen LogP contribution is 2.37. The van der Waals surface area contributed by atoms with Crippen molar-refractivity contribution in [2.45, 2.75) is 6.92 Å². The molecule has 3 rings (SSSR count). The lowest BCUT2D eigenvalue weighted by Crippen LogP contribution is -2.28. The van der Waals surface area contributed by atoms with Gasteiger partial charge in [-0.1, -0.05) is 48.2 Å². The second-order valence-electron chi connectivity index (χ2n) is 5.27. The summed E-state index contributed by atoms with van der Waals surface area (Å²) >= 11 is 6.22. The Labute approximate surface area is 152 Å². The first-order chi connectivity index (χ1) is 11.9. The van der Waals surface area contributed by atoms with Gasteiger partial charge in [-0.05, 0) is 30.7 Å². The molecule has 2 aromatic rings. The Hall–Kier alpha value is -2.58. The van der Waals surface area contributed by atoms with Gasteiger partial charge in [0.05, 0.1) is 15.5 Å². The van der Waals surface area contributed by atoms with Gasteiger partial charge in [0, 0.05) is 11.6 Å². The first-order valence-electron chi connectivity index (χ1n) is 7.16. The largest absolute Gasteiger partial charge is 0.272 e. The molecule has 2 aromatic carbocycles. The van der Waals surface area contributed by atoms with Crippen LogP contribution in [0.1, 0.15) is 11.1 Å². The monoisotopic (exact) mass is 374 g/mol. The van der Waals surface area contributed by atoms with Crippen LogP contribution in [0, 0.1) is 22.9 Å². The van der Waals surface area contributed by atoms with Crippen LogP contribution in [0.3, 0.4) is 0 Å². The van der Waals surface area contributed by atoms with Crippen LogP contribution < -0.4 is 4.90 Å². The molecule has 0 unspecified atom stereocenters. The number of carbonyl (C=O) groups excluding carboxylic acids is 1. The van der Waals surface area contributed by atoms with Gasteiger partial charge >= 0.3 is 0 Å². The fraction of sp³-hybridized carbons (Fsp3) is 0.0588. The number of carbonyl (C=O) groups is 1. The van der Waals surface area contributed by atoms with E-state index in [0.717, 1.165) is 16.7 Å². The number of rotatable bonds is 3. The Bertz CT molecular complexity index is 943. The second-order valence-corrected chi connectivity index (χ2v) is 6.95. The van der Waals surface area contributed by atoms with E-state index in [1.165, 1.54) is 30.3 Å². The molecule has 0 spiro atoms. The van der Waals surface area contributed by atoms with E-state index in [2.05, 4.69) is 0 Å². The summed E-state index contributed by atoms with van der Waals surface area (Å²) in [4.78, 5) is 24.6. The predicted molar refractivity (Wildman–Crippen MR) is 99.9 cm³/mol. The number of halogens is 1. The molecule has 8 heteroatoms. The van der Waals surface area contributed by atoms with Crippen molar-refractivity contribution >= 4 is 51.7 Å². The number of aryl methyl sites for hydroxylation is 1. The van der Waals surface area contributed by atoms with E-state index >= 15 is 0 Å². The van der Waals surface area contributed by atoms with Crippen molar-refractivity contribution in [1.82, 2.24) is 0 Å². The number of thioether (sulfide) groups is 1. The molecule has 1 heterocycles. The molecule has 1 amide bonds. The van der Waals surface area contributed by atoms with Gasteiger partial charge in [-0.15, -0.1) is 0 Å². The normalized spacial score (nSPS) is 15.9. The van der Waals surface area contributed by atoms with E-state index in [-0.39, 0.29) is 20.6 Å². The van der Waals surface area contributed by atoms with E-state index in [1.807, 2.05) is 0 Å². The second kappa shape index (κ2) is 6.73. The van der Waals surface area contributed by atoms with Crippen LogP contribution in [-0.4, -0.2) is 15.2 Å². The zero-order chi connectivity index (χ0) is 18.1. The third kappa shape index (κ3) is 3.31. The molecule has 0 aromatic heterocycles. The number of benzene rings is 2. The minimum atomic E-state index is -0.550. The van der Waals surface area contributed by atoms with E-state index in [0.29, 0.717) is 11.1 Å². The number of thiocarbonyl (C=S) groups is 1. The lowest BCUT2D eigenvalue weighted by molar-refractivity contribution is -0.385. The molecule has 0 bridgehead atoms. The number of nitro groups is 1. The van der Waals surface area contributed by atoms with Gasteiger partial charge in [0.2, 0.25) is 0 Å². The van der Waals surface area contributed by atoms with Gasteiger partial charge in [-0.3, -0.25) is 19.8 Å². The summed E-state index contributed by atoms with van der Waals surface area (Å²) in [5.41, 5.74) is 1.09. The highest BCUT2D eigenvalue weighted by Gasteiger charge is 2.34.